The van der Waals surface area contributed by atoms with Gasteiger partial charge in [-0.05, 0) is 46.0 Å². The lowest BCUT2D eigenvalue weighted by Crippen LogP contribution is -2.52. The van der Waals surface area contributed by atoms with Crippen LogP contribution in [0.4, 0.5) is 4.79 Å². The first-order valence-electron chi connectivity index (χ1n) is 8.90. The van der Waals surface area contributed by atoms with Crippen LogP contribution in [-0.4, -0.2) is 51.8 Å². The lowest BCUT2D eigenvalue weighted by Gasteiger charge is -2.39. The summed E-state index contributed by atoms with van der Waals surface area (Å²) in [5, 5.41) is 2.87. The van der Waals surface area contributed by atoms with E-state index < -0.39 is 11.6 Å². The molecule has 3 fully saturated rings. The second kappa shape index (κ2) is 6.13. The topological polar surface area (TPSA) is 69.7 Å². The summed E-state index contributed by atoms with van der Waals surface area (Å²) in [7, 11) is 0. The molecule has 23 heavy (non-hydrogen) atoms. The number of hydrogen-bond acceptors (Lipinski definition) is 3. The number of rotatable bonds is 2. The fourth-order valence-electron chi connectivity index (χ4n) is 4.44. The van der Waals surface area contributed by atoms with Gasteiger partial charge in [0, 0.05) is 12.1 Å². The van der Waals surface area contributed by atoms with Crippen molar-refractivity contribution in [2.24, 2.45) is 0 Å². The van der Waals surface area contributed by atoms with E-state index in [-0.39, 0.29) is 30.4 Å². The molecule has 3 aliphatic rings. The molecule has 0 bridgehead atoms. The van der Waals surface area contributed by atoms with E-state index in [1.165, 1.54) is 0 Å². The molecule has 1 N–H and O–H groups in total. The molecule has 1 spiro atoms. The van der Waals surface area contributed by atoms with Crippen LogP contribution in [0.15, 0.2) is 0 Å². The number of nitrogens with one attached hydrogen (secondary N) is 1. The van der Waals surface area contributed by atoms with Gasteiger partial charge in [-0.3, -0.25) is 14.5 Å². The van der Waals surface area contributed by atoms with E-state index in [0.29, 0.717) is 12.8 Å². The summed E-state index contributed by atoms with van der Waals surface area (Å²) in [6.07, 6.45) is 7.49. The largest absolute Gasteiger partial charge is 0.336 e. The maximum Gasteiger partial charge on any atom is 0.325 e. The number of carbonyl (C=O) groups excluding carboxylic acids is 3. The molecule has 2 atom stereocenters. The van der Waals surface area contributed by atoms with E-state index in [2.05, 4.69) is 5.32 Å². The fourth-order valence-corrected chi connectivity index (χ4v) is 4.44. The Morgan fingerprint density at radius 3 is 2.30 bits per heavy atom. The number of likely N-dealkylation sites (tertiary alicyclic amines) is 1. The molecule has 3 rings (SSSR count). The summed E-state index contributed by atoms with van der Waals surface area (Å²) in [5.41, 5.74) is -0.741. The van der Waals surface area contributed by atoms with Gasteiger partial charge in [-0.25, -0.2) is 4.79 Å². The minimum absolute atomic E-state index is 0.110. The zero-order valence-corrected chi connectivity index (χ0v) is 14.1. The van der Waals surface area contributed by atoms with Gasteiger partial charge in [0.1, 0.15) is 12.1 Å². The minimum atomic E-state index is -0.741. The Balaban J connectivity index is 1.71. The van der Waals surface area contributed by atoms with Crippen LogP contribution in [-0.2, 0) is 9.59 Å². The standard InChI is InChI=1S/C17H27N3O3/c1-12-7-6-8-13(2)20(12)14(21)11-19-15(22)17(18-16(19)23)9-4-3-5-10-17/h12-13H,3-11H2,1-2H3,(H,18,23)/t12-,13-/m1/s1. The number of hydrogen-bond donors (Lipinski definition) is 1. The molecule has 6 heteroatoms. The predicted molar refractivity (Wildman–Crippen MR) is 85.7 cm³/mol. The highest BCUT2D eigenvalue weighted by Gasteiger charge is 2.52. The third-order valence-corrected chi connectivity index (χ3v) is 5.73. The monoisotopic (exact) mass is 321 g/mol. The average Bonchev–Trinajstić information content (AvgIpc) is 2.72. The molecule has 0 aromatic carbocycles. The molecule has 1 saturated carbocycles. The van der Waals surface area contributed by atoms with Gasteiger partial charge >= 0.3 is 6.03 Å². The zero-order chi connectivity index (χ0) is 16.6. The van der Waals surface area contributed by atoms with Gasteiger partial charge in [-0.2, -0.15) is 0 Å². The number of nitrogens with zero attached hydrogens (tertiary/aromatic N) is 2. The van der Waals surface area contributed by atoms with Crippen molar-refractivity contribution in [1.29, 1.82) is 0 Å². The predicted octanol–water partition coefficient (Wildman–Crippen LogP) is 2.03. The van der Waals surface area contributed by atoms with Gasteiger partial charge in [0.15, 0.2) is 0 Å². The second-order valence-electron chi connectivity index (χ2n) is 7.39. The van der Waals surface area contributed by atoms with Gasteiger partial charge in [0.25, 0.3) is 5.91 Å². The van der Waals surface area contributed by atoms with Crippen molar-refractivity contribution in [1.82, 2.24) is 15.1 Å². The molecular formula is C17H27N3O3. The van der Waals surface area contributed by atoms with Gasteiger partial charge in [-0.15, -0.1) is 0 Å². The van der Waals surface area contributed by atoms with Crippen LogP contribution in [0.1, 0.15) is 65.2 Å². The number of amides is 4. The van der Waals surface area contributed by atoms with Crippen molar-refractivity contribution < 1.29 is 14.4 Å². The van der Waals surface area contributed by atoms with Crippen LogP contribution in [0.5, 0.6) is 0 Å². The third-order valence-electron chi connectivity index (χ3n) is 5.73. The first-order valence-corrected chi connectivity index (χ1v) is 8.90. The maximum atomic E-state index is 12.7. The van der Waals surface area contributed by atoms with Gasteiger partial charge in [-0.1, -0.05) is 19.3 Å². The van der Waals surface area contributed by atoms with Crippen LogP contribution in [0.25, 0.3) is 0 Å². The highest BCUT2D eigenvalue weighted by atomic mass is 16.2. The highest BCUT2D eigenvalue weighted by Crippen LogP contribution is 2.34. The van der Waals surface area contributed by atoms with Crippen molar-refractivity contribution in [3.63, 3.8) is 0 Å². The van der Waals surface area contributed by atoms with E-state index in [0.717, 1.165) is 43.4 Å². The van der Waals surface area contributed by atoms with E-state index in [1.807, 2.05) is 18.7 Å². The smallest absolute Gasteiger partial charge is 0.325 e. The Morgan fingerprint density at radius 2 is 1.70 bits per heavy atom. The molecule has 0 radical (unpaired) electrons. The van der Waals surface area contributed by atoms with Gasteiger partial charge < -0.3 is 10.2 Å². The van der Waals surface area contributed by atoms with Crippen molar-refractivity contribution in [2.75, 3.05) is 6.54 Å². The molecule has 0 aromatic rings. The van der Waals surface area contributed by atoms with Crippen molar-refractivity contribution in [3.05, 3.63) is 0 Å². The van der Waals surface area contributed by atoms with Gasteiger partial charge in [0.05, 0.1) is 0 Å². The Labute approximate surface area is 137 Å². The first kappa shape index (κ1) is 16.3. The molecule has 0 unspecified atom stereocenters. The van der Waals surface area contributed by atoms with Crippen LogP contribution in [0, 0.1) is 0 Å². The number of urea groups is 1. The lowest BCUT2D eigenvalue weighted by atomic mass is 9.82. The quantitative estimate of drug-likeness (QED) is 0.791. The van der Waals surface area contributed by atoms with Gasteiger partial charge in [0.2, 0.25) is 5.91 Å². The molecule has 6 nitrogen and oxygen atoms in total. The summed E-state index contributed by atoms with van der Waals surface area (Å²) < 4.78 is 0. The Kier molecular flexibility index (Phi) is 4.34. The van der Waals surface area contributed by atoms with Crippen molar-refractivity contribution in [2.45, 2.75) is 82.8 Å². The summed E-state index contributed by atoms with van der Waals surface area (Å²) in [5.74, 6) is -0.311. The normalized spacial score (nSPS) is 30.7. The van der Waals surface area contributed by atoms with Crippen LogP contribution < -0.4 is 5.32 Å². The second-order valence-corrected chi connectivity index (χ2v) is 7.39. The lowest BCUT2D eigenvalue weighted by molar-refractivity contribution is -0.143. The first-order chi connectivity index (χ1) is 10.9. The molecule has 2 heterocycles. The van der Waals surface area contributed by atoms with Crippen LogP contribution in [0.3, 0.4) is 0 Å². The maximum absolute atomic E-state index is 12.7. The fraction of sp³-hybridized carbons (Fsp3) is 0.824. The van der Waals surface area contributed by atoms with E-state index >= 15 is 0 Å². The summed E-state index contributed by atoms with van der Waals surface area (Å²) >= 11 is 0. The number of piperidine rings is 1. The van der Waals surface area contributed by atoms with E-state index in [9.17, 15) is 14.4 Å². The Morgan fingerprint density at radius 1 is 1.09 bits per heavy atom. The number of imide groups is 1. The summed E-state index contributed by atoms with van der Waals surface area (Å²) in [6.45, 7) is 3.96. The molecule has 4 amide bonds. The minimum Gasteiger partial charge on any atom is -0.336 e. The molecule has 1 aliphatic carbocycles. The van der Waals surface area contributed by atoms with Crippen molar-refractivity contribution >= 4 is 17.8 Å². The Hall–Kier alpha value is -1.59. The average molecular weight is 321 g/mol. The molecule has 2 saturated heterocycles. The zero-order valence-electron chi connectivity index (χ0n) is 14.1. The van der Waals surface area contributed by atoms with E-state index in [4.69, 9.17) is 0 Å². The van der Waals surface area contributed by atoms with Crippen LogP contribution in [0.2, 0.25) is 0 Å². The van der Waals surface area contributed by atoms with Crippen molar-refractivity contribution in [3.8, 4) is 0 Å². The number of carbonyl (C=O) groups is 3. The SMILES string of the molecule is C[C@@H]1CCC[C@@H](C)N1C(=O)CN1C(=O)NC2(CCCCC2)C1=O. The van der Waals surface area contributed by atoms with Crippen LogP contribution >= 0.6 is 0 Å². The molecule has 2 aliphatic heterocycles. The van der Waals surface area contributed by atoms with E-state index in [1.54, 1.807) is 0 Å². The summed E-state index contributed by atoms with van der Waals surface area (Å²) in [6, 6.07) is -0.0473. The highest BCUT2D eigenvalue weighted by molar-refractivity contribution is 6.09. The molecule has 128 valence electrons. The summed E-state index contributed by atoms with van der Waals surface area (Å²) in [4.78, 5) is 40.7. The third kappa shape index (κ3) is 2.83. The Bertz CT molecular complexity index is 503. The molecular weight excluding hydrogens is 294 g/mol. The molecule has 0 aromatic heterocycles.